The molecule has 0 unspecified atom stereocenters. The highest BCUT2D eigenvalue weighted by atomic mass is 32.1. The Hall–Kier alpha value is -1.98. The third-order valence-corrected chi connectivity index (χ3v) is 5.88. The lowest BCUT2D eigenvalue weighted by atomic mass is 9.86. The molecule has 0 N–H and O–H groups in total. The number of likely N-dealkylation sites (tertiary alicyclic amines) is 1. The van der Waals surface area contributed by atoms with Crippen molar-refractivity contribution in [2.24, 2.45) is 5.92 Å². The van der Waals surface area contributed by atoms with Gasteiger partial charge in [0.2, 0.25) is 5.91 Å². The van der Waals surface area contributed by atoms with Crippen LogP contribution in [0.15, 0.2) is 35.7 Å². The molecule has 2 aromatic rings. The first-order chi connectivity index (χ1) is 12.6. The van der Waals surface area contributed by atoms with Crippen molar-refractivity contribution in [2.45, 2.75) is 32.8 Å². The van der Waals surface area contributed by atoms with Crippen molar-refractivity contribution < 1.29 is 9.53 Å². The summed E-state index contributed by atoms with van der Waals surface area (Å²) in [6.07, 6.45) is 5.46. The van der Waals surface area contributed by atoms with Crippen LogP contribution in [0.25, 0.3) is 6.08 Å². The van der Waals surface area contributed by atoms with Gasteiger partial charge in [-0.15, -0.1) is 11.3 Å². The van der Waals surface area contributed by atoms with Gasteiger partial charge >= 0.3 is 0 Å². The number of ether oxygens (including phenoxy) is 1. The number of aromatic nitrogens is 1. The minimum Gasteiger partial charge on any atom is -0.379 e. The largest absolute Gasteiger partial charge is 0.379 e. The zero-order valence-corrected chi connectivity index (χ0v) is 16.5. The van der Waals surface area contributed by atoms with Crippen molar-refractivity contribution in [1.29, 1.82) is 0 Å². The number of aryl methyl sites for hydroxylation is 2. The van der Waals surface area contributed by atoms with Crippen LogP contribution in [0, 0.1) is 19.8 Å². The molecule has 1 aromatic carbocycles. The zero-order valence-electron chi connectivity index (χ0n) is 15.6. The van der Waals surface area contributed by atoms with Crippen LogP contribution in [0.4, 0.5) is 0 Å². The Bertz CT molecular complexity index is 784. The van der Waals surface area contributed by atoms with Gasteiger partial charge in [-0.3, -0.25) is 4.79 Å². The summed E-state index contributed by atoms with van der Waals surface area (Å²) in [6.45, 7) is 5.54. The second-order valence-corrected chi connectivity index (χ2v) is 7.92. The van der Waals surface area contributed by atoms with E-state index in [-0.39, 0.29) is 12.0 Å². The van der Waals surface area contributed by atoms with Gasteiger partial charge in [-0.2, -0.15) is 0 Å². The summed E-state index contributed by atoms with van der Waals surface area (Å²) in [5, 5.41) is 2.97. The number of hydrogen-bond acceptors (Lipinski definition) is 4. The molecule has 0 radical (unpaired) electrons. The number of piperidine rings is 1. The van der Waals surface area contributed by atoms with E-state index in [1.54, 1.807) is 30.6 Å². The van der Waals surface area contributed by atoms with Crippen LogP contribution >= 0.6 is 11.3 Å². The van der Waals surface area contributed by atoms with Crippen LogP contribution in [0.1, 0.15) is 28.2 Å². The Labute approximate surface area is 159 Å². The maximum Gasteiger partial charge on any atom is 0.246 e. The smallest absolute Gasteiger partial charge is 0.246 e. The molecule has 4 nitrogen and oxygen atoms in total. The first kappa shape index (κ1) is 18.8. The Morgan fingerprint density at radius 2 is 2.19 bits per heavy atom. The van der Waals surface area contributed by atoms with Gasteiger partial charge in [0.15, 0.2) is 0 Å². The standard InChI is InChI=1S/C21H26N2O2S/c1-15-6-4-5-7-17(15)12-18-10-11-23(13-20(18)25-3)21(24)9-8-19-14-26-16(2)22-19/h4-9,14,18,20H,10-13H2,1-3H3/b9-8+/t18-,20+/m1/s1. The average Bonchev–Trinajstić information content (AvgIpc) is 3.07. The number of thiazole rings is 1. The minimum absolute atomic E-state index is 0.0343. The predicted octanol–water partition coefficient (Wildman–Crippen LogP) is 3.88. The summed E-state index contributed by atoms with van der Waals surface area (Å²) in [7, 11) is 1.75. The lowest BCUT2D eigenvalue weighted by molar-refractivity contribution is -0.131. The molecule has 0 spiro atoms. The molecule has 2 heterocycles. The van der Waals surface area contributed by atoms with E-state index < -0.39 is 0 Å². The monoisotopic (exact) mass is 370 g/mol. The summed E-state index contributed by atoms with van der Waals surface area (Å²) >= 11 is 1.59. The Balaban J connectivity index is 1.61. The normalized spacial score (nSPS) is 20.7. The molecule has 0 aliphatic carbocycles. The molecular weight excluding hydrogens is 344 g/mol. The molecule has 138 valence electrons. The lowest BCUT2D eigenvalue weighted by Crippen LogP contribution is -2.47. The van der Waals surface area contributed by atoms with Crippen LogP contribution < -0.4 is 0 Å². The van der Waals surface area contributed by atoms with E-state index in [9.17, 15) is 4.79 Å². The molecule has 3 rings (SSSR count). The van der Waals surface area contributed by atoms with E-state index >= 15 is 0 Å². The molecule has 1 saturated heterocycles. The van der Waals surface area contributed by atoms with E-state index in [2.05, 4.69) is 36.2 Å². The van der Waals surface area contributed by atoms with Crippen molar-refractivity contribution >= 4 is 23.3 Å². The number of carbonyl (C=O) groups is 1. The first-order valence-electron chi connectivity index (χ1n) is 9.03. The van der Waals surface area contributed by atoms with Crippen LogP contribution in [-0.2, 0) is 16.0 Å². The van der Waals surface area contributed by atoms with Crippen molar-refractivity contribution in [3.05, 3.63) is 57.6 Å². The summed E-state index contributed by atoms with van der Waals surface area (Å²) in [6, 6.07) is 8.51. The highest BCUT2D eigenvalue weighted by molar-refractivity contribution is 7.09. The van der Waals surface area contributed by atoms with E-state index in [0.717, 1.165) is 30.1 Å². The lowest BCUT2D eigenvalue weighted by Gasteiger charge is -2.37. The van der Waals surface area contributed by atoms with Crippen molar-refractivity contribution in [3.8, 4) is 0 Å². The first-order valence-corrected chi connectivity index (χ1v) is 9.91. The topological polar surface area (TPSA) is 42.4 Å². The van der Waals surface area contributed by atoms with Crippen molar-refractivity contribution in [3.63, 3.8) is 0 Å². The Morgan fingerprint density at radius 3 is 2.88 bits per heavy atom. The van der Waals surface area contributed by atoms with Crippen molar-refractivity contribution in [2.75, 3.05) is 20.2 Å². The van der Waals surface area contributed by atoms with E-state index in [0.29, 0.717) is 12.5 Å². The van der Waals surface area contributed by atoms with Gasteiger partial charge in [-0.1, -0.05) is 24.3 Å². The molecule has 26 heavy (non-hydrogen) atoms. The molecule has 2 atom stereocenters. The number of nitrogens with zero attached hydrogens (tertiary/aromatic N) is 2. The fraction of sp³-hybridized carbons (Fsp3) is 0.429. The van der Waals surface area contributed by atoms with E-state index in [4.69, 9.17) is 4.74 Å². The number of benzene rings is 1. The minimum atomic E-state index is 0.0343. The Morgan fingerprint density at radius 1 is 1.38 bits per heavy atom. The maximum absolute atomic E-state index is 12.5. The SMILES string of the molecule is CO[C@H]1CN(C(=O)/C=C/c2csc(C)n2)CC[C@@H]1Cc1ccccc1C. The quantitative estimate of drug-likeness (QED) is 0.750. The number of rotatable bonds is 5. The van der Waals surface area contributed by atoms with Gasteiger partial charge in [0, 0.05) is 31.7 Å². The highest BCUT2D eigenvalue weighted by Crippen LogP contribution is 2.25. The Kier molecular flexibility index (Phi) is 6.22. The molecule has 1 aromatic heterocycles. The van der Waals surface area contributed by atoms with Gasteiger partial charge in [0.25, 0.3) is 0 Å². The summed E-state index contributed by atoms with van der Waals surface area (Å²) in [4.78, 5) is 18.8. The van der Waals surface area contributed by atoms with Crippen LogP contribution in [0.5, 0.6) is 0 Å². The fourth-order valence-electron chi connectivity index (χ4n) is 3.51. The molecule has 1 aliphatic heterocycles. The maximum atomic E-state index is 12.5. The number of hydrogen-bond donors (Lipinski definition) is 0. The third-order valence-electron chi connectivity index (χ3n) is 5.09. The molecule has 0 bridgehead atoms. The second-order valence-electron chi connectivity index (χ2n) is 6.86. The van der Waals surface area contributed by atoms with Gasteiger partial charge in [-0.05, 0) is 49.8 Å². The predicted molar refractivity (Wildman–Crippen MR) is 106 cm³/mol. The molecule has 1 aliphatic rings. The highest BCUT2D eigenvalue weighted by Gasteiger charge is 2.31. The van der Waals surface area contributed by atoms with Gasteiger partial charge < -0.3 is 9.64 Å². The fourth-order valence-corrected chi connectivity index (χ4v) is 4.09. The van der Waals surface area contributed by atoms with Crippen LogP contribution in [0.2, 0.25) is 0 Å². The van der Waals surface area contributed by atoms with Crippen LogP contribution in [0.3, 0.4) is 0 Å². The van der Waals surface area contributed by atoms with Crippen LogP contribution in [-0.4, -0.2) is 42.1 Å². The number of amides is 1. The summed E-state index contributed by atoms with van der Waals surface area (Å²) in [5.74, 6) is 0.474. The summed E-state index contributed by atoms with van der Waals surface area (Å²) in [5.41, 5.74) is 3.54. The molecular formula is C21H26N2O2S. The van der Waals surface area contributed by atoms with Gasteiger partial charge in [-0.25, -0.2) is 4.98 Å². The van der Waals surface area contributed by atoms with Gasteiger partial charge in [0.1, 0.15) is 0 Å². The van der Waals surface area contributed by atoms with E-state index in [1.165, 1.54) is 11.1 Å². The number of carbonyl (C=O) groups excluding carboxylic acids is 1. The average molecular weight is 371 g/mol. The summed E-state index contributed by atoms with van der Waals surface area (Å²) < 4.78 is 5.73. The third kappa shape index (κ3) is 4.59. The molecule has 1 amide bonds. The number of methoxy groups -OCH3 is 1. The van der Waals surface area contributed by atoms with Gasteiger partial charge in [0.05, 0.1) is 16.8 Å². The van der Waals surface area contributed by atoms with E-state index in [1.807, 2.05) is 17.2 Å². The van der Waals surface area contributed by atoms with Crippen molar-refractivity contribution in [1.82, 2.24) is 9.88 Å². The second kappa shape index (κ2) is 8.60. The molecule has 5 heteroatoms. The molecule has 1 fully saturated rings. The zero-order chi connectivity index (χ0) is 18.5. The molecule has 0 saturated carbocycles.